The molecular weight excluding hydrogens is 256 g/mol. The van der Waals surface area contributed by atoms with Crippen LogP contribution in [0, 0.1) is 0 Å². The fourth-order valence-electron chi connectivity index (χ4n) is 3.11. The van der Waals surface area contributed by atoms with Crippen LogP contribution in [0.1, 0.15) is 27.4 Å². The third-order valence-corrected chi connectivity index (χ3v) is 4.11. The van der Waals surface area contributed by atoms with Crippen LogP contribution in [0.5, 0.6) is 0 Å². The Labute approximate surface area is 123 Å². The molecule has 0 saturated heterocycles. The number of hydrogen-bond donors (Lipinski definition) is 0. The van der Waals surface area contributed by atoms with Crippen LogP contribution in [0.25, 0.3) is 16.8 Å². The molecular formula is C20H14O. The van der Waals surface area contributed by atoms with Gasteiger partial charge < -0.3 is 0 Å². The maximum Gasteiger partial charge on any atom is 0.174 e. The third kappa shape index (κ3) is 1.90. The van der Waals surface area contributed by atoms with Gasteiger partial charge >= 0.3 is 0 Å². The normalized spacial score (nSPS) is 16.1. The summed E-state index contributed by atoms with van der Waals surface area (Å²) in [5.74, 6) is -0.0279. The highest BCUT2D eigenvalue weighted by molar-refractivity contribution is 6.08. The molecule has 3 aromatic rings. The fourth-order valence-corrected chi connectivity index (χ4v) is 3.11. The Kier molecular flexibility index (Phi) is 2.71. The average Bonchev–Trinajstić information content (AvgIpc) is 2.56. The minimum Gasteiger partial charge on any atom is -0.293 e. The number of hydrogen-bond acceptors (Lipinski definition) is 1. The molecule has 0 radical (unpaired) electrons. The Bertz CT molecular complexity index is 854. The van der Waals surface area contributed by atoms with E-state index in [0.717, 1.165) is 11.1 Å². The minimum absolute atomic E-state index is 0.161. The van der Waals surface area contributed by atoms with E-state index in [4.69, 9.17) is 0 Å². The molecule has 0 heterocycles. The molecule has 0 N–H and O–H groups in total. The highest BCUT2D eigenvalue weighted by atomic mass is 16.1. The molecule has 1 aliphatic rings. The molecule has 0 amide bonds. The first-order valence-corrected chi connectivity index (χ1v) is 7.14. The first kappa shape index (κ1) is 12.1. The third-order valence-electron chi connectivity index (χ3n) is 4.11. The van der Waals surface area contributed by atoms with E-state index >= 15 is 0 Å². The summed E-state index contributed by atoms with van der Waals surface area (Å²) in [6.07, 6.45) is 4.09. The zero-order valence-corrected chi connectivity index (χ0v) is 11.5. The van der Waals surface area contributed by atoms with Crippen molar-refractivity contribution in [3.63, 3.8) is 0 Å². The van der Waals surface area contributed by atoms with Crippen molar-refractivity contribution < 1.29 is 4.79 Å². The zero-order valence-electron chi connectivity index (χ0n) is 11.5. The van der Waals surface area contributed by atoms with Gasteiger partial charge in [-0.25, -0.2) is 0 Å². The van der Waals surface area contributed by atoms with Gasteiger partial charge in [-0.1, -0.05) is 78.9 Å². The van der Waals surface area contributed by atoms with Crippen molar-refractivity contribution in [2.45, 2.75) is 5.92 Å². The maximum absolute atomic E-state index is 12.8. The van der Waals surface area contributed by atoms with Crippen molar-refractivity contribution in [1.29, 1.82) is 0 Å². The molecule has 0 spiro atoms. The molecule has 3 aromatic carbocycles. The highest BCUT2D eigenvalue weighted by Crippen LogP contribution is 2.36. The SMILES string of the molecule is O=C(c1ccccc1)C1C=Cc2cccc3cccc1c23. The summed E-state index contributed by atoms with van der Waals surface area (Å²) in [7, 11) is 0. The fraction of sp³-hybridized carbons (Fsp3) is 0.0500. The predicted octanol–water partition coefficient (Wildman–Crippen LogP) is 4.83. The molecule has 1 nitrogen and oxygen atoms in total. The van der Waals surface area contributed by atoms with E-state index in [-0.39, 0.29) is 11.7 Å². The van der Waals surface area contributed by atoms with E-state index in [1.807, 2.05) is 42.5 Å². The van der Waals surface area contributed by atoms with Crippen molar-refractivity contribution in [3.05, 3.63) is 89.5 Å². The van der Waals surface area contributed by atoms with Crippen molar-refractivity contribution >= 4 is 22.6 Å². The molecule has 100 valence electrons. The number of carbonyl (C=O) groups is 1. The molecule has 0 bridgehead atoms. The Morgan fingerprint density at radius 1 is 0.810 bits per heavy atom. The number of ketones is 1. The number of Topliss-reactive ketones (excluding diaryl/α,β-unsaturated/α-hetero) is 1. The van der Waals surface area contributed by atoms with Crippen molar-refractivity contribution in [1.82, 2.24) is 0 Å². The van der Waals surface area contributed by atoms with Gasteiger partial charge in [0.2, 0.25) is 0 Å². The van der Waals surface area contributed by atoms with E-state index in [0.29, 0.717) is 0 Å². The summed E-state index contributed by atoms with van der Waals surface area (Å²) in [6, 6.07) is 22.0. The molecule has 1 atom stereocenters. The van der Waals surface area contributed by atoms with E-state index in [9.17, 15) is 4.79 Å². The van der Waals surface area contributed by atoms with E-state index in [1.165, 1.54) is 16.3 Å². The lowest BCUT2D eigenvalue weighted by atomic mass is 9.82. The molecule has 1 aliphatic carbocycles. The molecule has 4 rings (SSSR count). The van der Waals surface area contributed by atoms with Gasteiger partial charge in [-0.3, -0.25) is 4.79 Å². The second kappa shape index (κ2) is 4.71. The van der Waals surface area contributed by atoms with Crippen LogP contribution in [-0.4, -0.2) is 5.78 Å². The number of rotatable bonds is 2. The Morgan fingerprint density at radius 2 is 1.57 bits per heavy atom. The summed E-state index contributed by atoms with van der Waals surface area (Å²) >= 11 is 0. The van der Waals surface area contributed by atoms with Gasteiger partial charge in [-0.15, -0.1) is 0 Å². The summed E-state index contributed by atoms with van der Waals surface area (Å²) in [4.78, 5) is 12.8. The summed E-state index contributed by atoms with van der Waals surface area (Å²) in [5, 5.41) is 2.40. The topological polar surface area (TPSA) is 17.1 Å². The molecule has 0 aliphatic heterocycles. The van der Waals surface area contributed by atoms with Gasteiger partial charge in [-0.2, -0.15) is 0 Å². The van der Waals surface area contributed by atoms with Crippen LogP contribution in [0.3, 0.4) is 0 Å². The van der Waals surface area contributed by atoms with Gasteiger partial charge in [0, 0.05) is 5.56 Å². The van der Waals surface area contributed by atoms with Crippen LogP contribution < -0.4 is 0 Å². The minimum atomic E-state index is -0.189. The summed E-state index contributed by atoms with van der Waals surface area (Å²) < 4.78 is 0. The van der Waals surface area contributed by atoms with Gasteiger partial charge in [0.05, 0.1) is 5.92 Å². The molecule has 1 heteroatoms. The van der Waals surface area contributed by atoms with Crippen molar-refractivity contribution in [2.24, 2.45) is 0 Å². The van der Waals surface area contributed by atoms with Crippen molar-refractivity contribution in [2.75, 3.05) is 0 Å². The number of benzene rings is 3. The van der Waals surface area contributed by atoms with Crippen LogP contribution >= 0.6 is 0 Å². The summed E-state index contributed by atoms with van der Waals surface area (Å²) in [6.45, 7) is 0. The van der Waals surface area contributed by atoms with E-state index < -0.39 is 0 Å². The number of allylic oxidation sites excluding steroid dienone is 1. The van der Waals surface area contributed by atoms with Crippen LogP contribution in [-0.2, 0) is 0 Å². The van der Waals surface area contributed by atoms with E-state index in [2.05, 4.69) is 36.4 Å². The lowest BCUT2D eigenvalue weighted by Gasteiger charge is -2.20. The zero-order chi connectivity index (χ0) is 14.2. The monoisotopic (exact) mass is 270 g/mol. The van der Waals surface area contributed by atoms with Gasteiger partial charge in [-0.05, 0) is 21.9 Å². The Balaban J connectivity index is 1.89. The smallest absolute Gasteiger partial charge is 0.174 e. The molecule has 0 fully saturated rings. The highest BCUT2D eigenvalue weighted by Gasteiger charge is 2.24. The van der Waals surface area contributed by atoms with Gasteiger partial charge in [0.1, 0.15) is 0 Å². The standard InChI is InChI=1S/C20H14O/c21-20(16-6-2-1-3-7-16)18-13-12-15-9-4-8-14-10-5-11-17(18)19(14)15/h1-13,18H. The van der Waals surface area contributed by atoms with Gasteiger partial charge in [0.15, 0.2) is 5.78 Å². The lowest BCUT2D eigenvalue weighted by Crippen LogP contribution is -2.13. The number of carbonyl (C=O) groups excluding carboxylic acids is 1. The van der Waals surface area contributed by atoms with Crippen LogP contribution in [0.15, 0.2) is 72.8 Å². The Morgan fingerprint density at radius 3 is 2.38 bits per heavy atom. The van der Waals surface area contributed by atoms with E-state index in [1.54, 1.807) is 0 Å². The summed E-state index contributed by atoms with van der Waals surface area (Å²) in [5.41, 5.74) is 3.07. The second-order valence-corrected chi connectivity index (χ2v) is 5.36. The quantitative estimate of drug-likeness (QED) is 0.609. The first-order chi connectivity index (χ1) is 10.3. The Hall–Kier alpha value is -2.67. The van der Waals surface area contributed by atoms with Crippen LogP contribution in [0.2, 0.25) is 0 Å². The average molecular weight is 270 g/mol. The van der Waals surface area contributed by atoms with Crippen molar-refractivity contribution in [3.8, 4) is 0 Å². The molecule has 21 heavy (non-hydrogen) atoms. The largest absolute Gasteiger partial charge is 0.293 e. The second-order valence-electron chi connectivity index (χ2n) is 5.36. The lowest BCUT2D eigenvalue weighted by molar-refractivity contribution is 0.0977. The molecule has 0 saturated carbocycles. The molecule has 0 aromatic heterocycles. The maximum atomic E-state index is 12.8. The molecule has 1 unspecified atom stereocenters. The predicted molar refractivity (Wildman–Crippen MR) is 86.5 cm³/mol. The first-order valence-electron chi connectivity index (χ1n) is 7.14. The van der Waals surface area contributed by atoms with Crippen LogP contribution in [0.4, 0.5) is 0 Å². The van der Waals surface area contributed by atoms with Gasteiger partial charge in [0.25, 0.3) is 0 Å².